The minimum absolute atomic E-state index is 0. The summed E-state index contributed by atoms with van der Waals surface area (Å²) >= 11 is 0. The van der Waals surface area contributed by atoms with Gasteiger partial charge in [-0.3, -0.25) is 4.99 Å². The number of hydrogen-bond acceptors (Lipinski definition) is 3. The summed E-state index contributed by atoms with van der Waals surface area (Å²) in [5.41, 5.74) is 1.28. The third kappa shape index (κ3) is 6.39. The fourth-order valence-electron chi connectivity index (χ4n) is 3.82. The van der Waals surface area contributed by atoms with Gasteiger partial charge in [0, 0.05) is 39.2 Å². The van der Waals surface area contributed by atoms with Crippen LogP contribution in [0, 0.1) is 5.92 Å². The molecule has 0 aromatic heterocycles. The van der Waals surface area contributed by atoms with Gasteiger partial charge >= 0.3 is 0 Å². The molecule has 6 heteroatoms. The largest absolute Gasteiger partial charge is 0.373 e. The second kappa shape index (κ2) is 11.8. The van der Waals surface area contributed by atoms with E-state index in [9.17, 15) is 0 Å². The molecule has 3 rings (SSSR count). The third-order valence-corrected chi connectivity index (χ3v) is 5.27. The van der Waals surface area contributed by atoms with E-state index in [1.54, 1.807) is 0 Å². The first-order valence-electron chi connectivity index (χ1n) is 9.70. The molecule has 2 atom stereocenters. The average Bonchev–Trinajstić information content (AvgIpc) is 3.14. The number of hydrogen-bond donors (Lipinski definition) is 2. The van der Waals surface area contributed by atoms with Crippen LogP contribution in [0.1, 0.15) is 37.4 Å². The summed E-state index contributed by atoms with van der Waals surface area (Å²) < 4.78 is 5.97. The predicted molar refractivity (Wildman–Crippen MR) is 118 cm³/mol. The van der Waals surface area contributed by atoms with Gasteiger partial charge in [0.1, 0.15) is 0 Å². The van der Waals surface area contributed by atoms with Crippen LogP contribution >= 0.6 is 24.0 Å². The van der Waals surface area contributed by atoms with E-state index in [1.165, 1.54) is 37.9 Å². The van der Waals surface area contributed by atoms with Gasteiger partial charge in [0.2, 0.25) is 0 Å². The number of piperidine rings is 1. The Kier molecular flexibility index (Phi) is 9.71. The van der Waals surface area contributed by atoms with E-state index in [2.05, 4.69) is 50.9 Å². The van der Waals surface area contributed by atoms with Crippen LogP contribution in [0.15, 0.2) is 35.3 Å². The first-order chi connectivity index (χ1) is 12.4. The molecule has 146 valence electrons. The first-order valence-corrected chi connectivity index (χ1v) is 9.70. The standard InChI is InChI=1S/C20H32N4O.HI/c1-21-20(22-11-14-24-12-6-3-7-13-24)23-16-18-10-15-25-19(18)17-8-4-2-5-9-17;/h2,4-5,8-9,18-19H,3,6-7,10-16H2,1H3,(H2,21,22,23);1H. The van der Waals surface area contributed by atoms with E-state index in [0.717, 1.165) is 38.6 Å². The molecule has 26 heavy (non-hydrogen) atoms. The molecule has 1 aromatic carbocycles. The number of rotatable bonds is 6. The topological polar surface area (TPSA) is 48.9 Å². The number of benzene rings is 1. The molecule has 0 aliphatic carbocycles. The molecule has 2 aliphatic rings. The summed E-state index contributed by atoms with van der Waals surface area (Å²) in [4.78, 5) is 6.91. The lowest BCUT2D eigenvalue weighted by molar-refractivity contribution is 0.0915. The Hall–Kier alpha value is -0.860. The van der Waals surface area contributed by atoms with Gasteiger partial charge in [0.15, 0.2) is 5.96 Å². The quantitative estimate of drug-likeness (QED) is 0.380. The highest BCUT2D eigenvalue weighted by Crippen LogP contribution is 2.33. The van der Waals surface area contributed by atoms with Crippen LogP contribution in [-0.4, -0.2) is 57.2 Å². The van der Waals surface area contributed by atoms with Crippen LogP contribution in [-0.2, 0) is 4.74 Å². The summed E-state index contributed by atoms with van der Waals surface area (Å²) in [7, 11) is 1.84. The number of nitrogens with one attached hydrogen (secondary N) is 2. The van der Waals surface area contributed by atoms with E-state index < -0.39 is 0 Å². The van der Waals surface area contributed by atoms with Crippen LogP contribution in [0.2, 0.25) is 0 Å². The number of likely N-dealkylation sites (tertiary alicyclic amines) is 1. The van der Waals surface area contributed by atoms with Crippen molar-refractivity contribution >= 4 is 29.9 Å². The zero-order valence-electron chi connectivity index (χ0n) is 15.8. The van der Waals surface area contributed by atoms with Gasteiger partial charge < -0.3 is 20.3 Å². The molecule has 1 aromatic rings. The molecular weight excluding hydrogens is 439 g/mol. The van der Waals surface area contributed by atoms with E-state index in [1.807, 2.05) is 7.05 Å². The molecule has 2 fully saturated rings. The number of halogens is 1. The Morgan fingerprint density at radius 3 is 2.65 bits per heavy atom. The smallest absolute Gasteiger partial charge is 0.191 e. The molecule has 2 unspecified atom stereocenters. The van der Waals surface area contributed by atoms with Crippen LogP contribution < -0.4 is 10.6 Å². The normalized spacial score (nSPS) is 24.1. The Balaban J connectivity index is 0.00000243. The second-order valence-corrected chi connectivity index (χ2v) is 7.03. The molecular formula is C20H33IN4O. The summed E-state index contributed by atoms with van der Waals surface area (Å²) in [6.45, 7) is 6.26. The lowest BCUT2D eigenvalue weighted by Gasteiger charge is -2.27. The molecule has 0 radical (unpaired) electrons. The zero-order chi connectivity index (χ0) is 17.3. The predicted octanol–water partition coefficient (Wildman–Crippen LogP) is 3.03. The molecule has 0 saturated carbocycles. The van der Waals surface area contributed by atoms with Gasteiger partial charge in [-0.2, -0.15) is 0 Å². The fourth-order valence-corrected chi connectivity index (χ4v) is 3.82. The SMILES string of the molecule is CN=C(NCCN1CCCCC1)NCC1CCOC1c1ccccc1.I. The van der Waals surface area contributed by atoms with Gasteiger partial charge in [-0.1, -0.05) is 36.8 Å². The van der Waals surface area contributed by atoms with Gasteiger partial charge in [0.25, 0.3) is 0 Å². The van der Waals surface area contributed by atoms with Crippen molar-refractivity contribution in [3.63, 3.8) is 0 Å². The van der Waals surface area contributed by atoms with Gasteiger partial charge in [-0.05, 0) is 37.9 Å². The minimum atomic E-state index is 0. The van der Waals surface area contributed by atoms with Crippen LogP contribution in [0.5, 0.6) is 0 Å². The third-order valence-electron chi connectivity index (χ3n) is 5.27. The number of aliphatic imine (C=N–C) groups is 1. The van der Waals surface area contributed by atoms with E-state index in [-0.39, 0.29) is 30.1 Å². The lowest BCUT2D eigenvalue weighted by Crippen LogP contribution is -2.44. The van der Waals surface area contributed by atoms with Crippen molar-refractivity contribution in [2.24, 2.45) is 10.9 Å². The average molecular weight is 472 g/mol. The summed E-state index contributed by atoms with van der Waals surface area (Å²) in [6.07, 6.45) is 5.36. The molecule has 2 heterocycles. The summed E-state index contributed by atoms with van der Waals surface area (Å²) in [5.74, 6) is 1.39. The number of guanidine groups is 1. The van der Waals surface area contributed by atoms with Crippen molar-refractivity contribution in [3.8, 4) is 0 Å². The fraction of sp³-hybridized carbons (Fsp3) is 0.650. The Bertz CT molecular complexity index is 534. The van der Waals surface area contributed by atoms with Gasteiger partial charge in [0.05, 0.1) is 6.10 Å². The first kappa shape index (κ1) is 21.4. The highest BCUT2D eigenvalue weighted by molar-refractivity contribution is 14.0. The monoisotopic (exact) mass is 472 g/mol. The van der Waals surface area contributed by atoms with Crippen molar-refractivity contribution in [3.05, 3.63) is 35.9 Å². The molecule has 0 spiro atoms. The molecule has 2 N–H and O–H groups in total. The van der Waals surface area contributed by atoms with Crippen molar-refractivity contribution in [1.29, 1.82) is 0 Å². The number of ether oxygens (including phenoxy) is 1. The molecule has 0 amide bonds. The van der Waals surface area contributed by atoms with E-state index in [4.69, 9.17) is 4.74 Å². The maximum Gasteiger partial charge on any atom is 0.191 e. The zero-order valence-corrected chi connectivity index (χ0v) is 18.2. The maximum absolute atomic E-state index is 5.97. The Labute approximate surface area is 175 Å². The summed E-state index contributed by atoms with van der Waals surface area (Å²) in [6, 6.07) is 10.5. The van der Waals surface area contributed by atoms with Crippen molar-refractivity contribution < 1.29 is 4.74 Å². The van der Waals surface area contributed by atoms with Crippen molar-refractivity contribution in [2.45, 2.75) is 31.8 Å². The maximum atomic E-state index is 5.97. The van der Waals surface area contributed by atoms with Gasteiger partial charge in [-0.15, -0.1) is 24.0 Å². The summed E-state index contributed by atoms with van der Waals surface area (Å²) in [5, 5.41) is 6.94. The molecule has 2 saturated heterocycles. The van der Waals surface area contributed by atoms with Crippen molar-refractivity contribution in [2.75, 3.05) is 46.4 Å². The van der Waals surface area contributed by atoms with Crippen LogP contribution in [0.25, 0.3) is 0 Å². The molecule has 5 nitrogen and oxygen atoms in total. The second-order valence-electron chi connectivity index (χ2n) is 7.03. The lowest BCUT2D eigenvalue weighted by atomic mass is 9.95. The van der Waals surface area contributed by atoms with E-state index in [0.29, 0.717) is 5.92 Å². The van der Waals surface area contributed by atoms with Crippen molar-refractivity contribution in [1.82, 2.24) is 15.5 Å². The van der Waals surface area contributed by atoms with E-state index >= 15 is 0 Å². The highest BCUT2D eigenvalue weighted by Gasteiger charge is 2.29. The molecule has 2 aliphatic heterocycles. The highest BCUT2D eigenvalue weighted by atomic mass is 127. The number of nitrogens with zero attached hydrogens (tertiary/aromatic N) is 2. The Morgan fingerprint density at radius 2 is 1.92 bits per heavy atom. The van der Waals surface area contributed by atoms with Crippen LogP contribution in [0.4, 0.5) is 0 Å². The van der Waals surface area contributed by atoms with Crippen LogP contribution in [0.3, 0.4) is 0 Å². The minimum Gasteiger partial charge on any atom is -0.373 e. The Morgan fingerprint density at radius 1 is 1.15 bits per heavy atom. The van der Waals surface area contributed by atoms with Gasteiger partial charge in [-0.25, -0.2) is 0 Å². The molecule has 0 bridgehead atoms.